The van der Waals surface area contributed by atoms with Gasteiger partial charge in [0.2, 0.25) is 0 Å². The summed E-state index contributed by atoms with van der Waals surface area (Å²) in [6, 6.07) is 5.36. The van der Waals surface area contributed by atoms with Crippen LogP contribution in [-0.2, 0) is 4.74 Å². The number of hydrogen-bond donors (Lipinski definition) is 1. The fraction of sp³-hybridized carbons (Fsp3) is 0.588. The average Bonchev–Trinajstić information content (AvgIpc) is 3.07. The molecule has 0 aromatic heterocycles. The third-order valence-electron chi connectivity index (χ3n) is 4.56. The Balaban J connectivity index is 1.81. The number of ether oxygens (including phenoxy) is 3. The Kier molecular flexibility index (Phi) is 5.03. The van der Waals surface area contributed by atoms with Crippen LogP contribution in [-0.4, -0.2) is 62.0 Å². The van der Waals surface area contributed by atoms with Gasteiger partial charge in [0.1, 0.15) is 6.61 Å². The average molecular weight is 321 g/mol. The minimum atomic E-state index is -0.0887. The molecule has 2 saturated heterocycles. The summed E-state index contributed by atoms with van der Waals surface area (Å²) >= 11 is 0. The van der Waals surface area contributed by atoms with Crippen LogP contribution in [0.2, 0.25) is 0 Å². The maximum atomic E-state index is 12.9. The second-order valence-corrected chi connectivity index (χ2v) is 5.94. The number of fused-ring (bicyclic) bond motifs is 1. The zero-order chi connectivity index (χ0) is 16.2. The van der Waals surface area contributed by atoms with Crippen LogP contribution in [0.5, 0.6) is 11.5 Å². The van der Waals surface area contributed by atoms with E-state index in [0.29, 0.717) is 29.6 Å². The fourth-order valence-electron chi connectivity index (χ4n) is 3.39. The predicted molar refractivity (Wildman–Crippen MR) is 83.9 cm³/mol. The number of hydrogen-bond acceptors (Lipinski definition) is 5. The molecule has 0 bridgehead atoms. The first-order valence-electron chi connectivity index (χ1n) is 8.05. The van der Waals surface area contributed by atoms with Gasteiger partial charge in [0.05, 0.1) is 33.0 Å². The van der Waals surface area contributed by atoms with E-state index in [2.05, 4.69) is 0 Å². The molecule has 23 heavy (non-hydrogen) atoms. The molecule has 6 heteroatoms. The molecule has 1 aromatic carbocycles. The van der Waals surface area contributed by atoms with Gasteiger partial charge in [-0.25, -0.2) is 0 Å². The maximum Gasteiger partial charge on any atom is 0.254 e. The van der Waals surface area contributed by atoms with Crippen molar-refractivity contribution in [1.82, 2.24) is 4.90 Å². The van der Waals surface area contributed by atoms with Gasteiger partial charge >= 0.3 is 0 Å². The minimum Gasteiger partial charge on any atom is -0.493 e. The van der Waals surface area contributed by atoms with Gasteiger partial charge in [-0.2, -0.15) is 0 Å². The molecule has 2 aliphatic heterocycles. The number of rotatable bonds is 5. The number of carbonyl (C=O) groups is 1. The lowest BCUT2D eigenvalue weighted by molar-refractivity contribution is 0.0558. The molecule has 3 rings (SSSR count). The summed E-state index contributed by atoms with van der Waals surface area (Å²) in [5.41, 5.74) is 0.575. The van der Waals surface area contributed by atoms with Gasteiger partial charge in [-0.15, -0.1) is 0 Å². The third kappa shape index (κ3) is 3.28. The van der Waals surface area contributed by atoms with Crippen LogP contribution in [0.15, 0.2) is 18.2 Å². The van der Waals surface area contributed by atoms with Crippen molar-refractivity contribution < 1.29 is 24.1 Å². The van der Waals surface area contributed by atoms with Crippen LogP contribution >= 0.6 is 0 Å². The van der Waals surface area contributed by atoms with Crippen LogP contribution in [0, 0.1) is 5.92 Å². The fourth-order valence-corrected chi connectivity index (χ4v) is 3.39. The number of nitrogens with zero attached hydrogens (tertiary/aromatic N) is 1. The Morgan fingerprint density at radius 1 is 1.39 bits per heavy atom. The zero-order valence-electron chi connectivity index (χ0n) is 13.4. The van der Waals surface area contributed by atoms with Crippen molar-refractivity contribution in [2.24, 2.45) is 5.92 Å². The van der Waals surface area contributed by atoms with Crippen LogP contribution in [0.4, 0.5) is 0 Å². The SMILES string of the molecule is COc1ccc(C(=O)N2CCC[C@H]3COC[C@H]32)cc1OCCO. The van der Waals surface area contributed by atoms with E-state index in [1.54, 1.807) is 25.3 Å². The van der Waals surface area contributed by atoms with E-state index in [-0.39, 0.29) is 25.2 Å². The monoisotopic (exact) mass is 321 g/mol. The molecule has 6 nitrogen and oxygen atoms in total. The van der Waals surface area contributed by atoms with E-state index in [9.17, 15) is 4.79 Å². The van der Waals surface area contributed by atoms with Crippen molar-refractivity contribution in [2.45, 2.75) is 18.9 Å². The number of aliphatic hydroxyl groups excluding tert-OH is 1. The lowest BCUT2D eigenvalue weighted by Crippen LogP contribution is -2.48. The Hall–Kier alpha value is -1.79. The molecule has 1 aromatic rings. The molecule has 126 valence electrons. The van der Waals surface area contributed by atoms with E-state index >= 15 is 0 Å². The Morgan fingerprint density at radius 2 is 2.26 bits per heavy atom. The molecule has 1 amide bonds. The third-order valence-corrected chi connectivity index (χ3v) is 4.56. The summed E-state index contributed by atoms with van der Waals surface area (Å²) in [5.74, 6) is 1.48. The number of aliphatic hydroxyl groups is 1. The summed E-state index contributed by atoms with van der Waals surface area (Å²) in [6.07, 6.45) is 2.14. The van der Waals surface area contributed by atoms with E-state index in [1.165, 1.54) is 0 Å². The smallest absolute Gasteiger partial charge is 0.254 e. The summed E-state index contributed by atoms with van der Waals surface area (Å²) in [5, 5.41) is 8.92. The van der Waals surface area contributed by atoms with Gasteiger partial charge in [0, 0.05) is 18.0 Å². The summed E-state index contributed by atoms with van der Waals surface area (Å²) in [7, 11) is 1.55. The molecule has 0 aliphatic carbocycles. The summed E-state index contributed by atoms with van der Waals surface area (Å²) in [6.45, 7) is 2.22. The Morgan fingerprint density at radius 3 is 3.04 bits per heavy atom. The first-order valence-corrected chi connectivity index (χ1v) is 8.05. The van der Waals surface area contributed by atoms with Crippen molar-refractivity contribution >= 4 is 5.91 Å². The van der Waals surface area contributed by atoms with Crippen molar-refractivity contribution in [1.29, 1.82) is 0 Å². The largest absolute Gasteiger partial charge is 0.493 e. The summed E-state index contributed by atoms with van der Waals surface area (Å²) < 4.78 is 16.3. The molecule has 0 unspecified atom stereocenters. The van der Waals surface area contributed by atoms with E-state index < -0.39 is 0 Å². The quantitative estimate of drug-likeness (QED) is 0.886. The second-order valence-electron chi connectivity index (χ2n) is 5.94. The highest BCUT2D eigenvalue weighted by Gasteiger charge is 2.38. The van der Waals surface area contributed by atoms with E-state index in [1.807, 2.05) is 4.90 Å². The van der Waals surface area contributed by atoms with Crippen molar-refractivity contribution in [3.63, 3.8) is 0 Å². The molecule has 0 saturated carbocycles. The van der Waals surface area contributed by atoms with Gasteiger partial charge in [-0.3, -0.25) is 4.79 Å². The summed E-state index contributed by atoms with van der Waals surface area (Å²) in [4.78, 5) is 14.8. The standard InChI is InChI=1S/C17H23NO5/c1-21-15-5-4-12(9-16(15)23-8-7-19)17(20)18-6-2-3-13-10-22-11-14(13)18/h4-5,9,13-14,19H,2-3,6-8,10-11H2,1H3/t13-,14+/m0/s1. The molecule has 2 heterocycles. The number of piperidine rings is 1. The van der Waals surface area contributed by atoms with Gasteiger partial charge < -0.3 is 24.2 Å². The highest BCUT2D eigenvalue weighted by Crippen LogP contribution is 2.32. The Labute approximate surface area is 135 Å². The highest BCUT2D eigenvalue weighted by molar-refractivity contribution is 5.95. The van der Waals surface area contributed by atoms with Crippen LogP contribution in [0.3, 0.4) is 0 Å². The zero-order valence-corrected chi connectivity index (χ0v) is 13.4. The topological polar surface area (TPSA) is 68.2 Å². The van der Waals surface area contributed by atoms with Gasteiger partial charge in [-0.05, 0) is 31.0 Å². The lowest BCUT2D eigenvalue weighted by atomic mass is 9.91. The molecule has 1 N–H and O–H groups in total. The number of carbonyl (C=O) groups excluding carboxylic acids is 1. The van der Waals surface area contributed by atoms with Gasteiger partial charge in [-0.1, -0.05) is 0 Å². The number of likely N-dealkylation sites (tertiary alicyclic amines) is 1. The second kappa shape index (κ2) is 7.19. The van der Waals surface area contributed by atoms with Crippen LogP contribution in [0.1, 0.15) is 23.2 Å². The van der Waals surface area contributed by atoms with Crippen LogP contribution in [0.25, 0.3) is 0 Å². The number of amides is 1. The highest BCUT2D eigenvalue weighted by atomic mass is 16.5. The molecule has 0 spiro atoms. The molecule has 2 atom stereocenters. The first kappa shape index (κ1) is 16.1. The first-order chi connectivity index (χ1) is 11.2. The van der Waals surface area contributed by atoms with Gasteiger partial charge in [0.25, 0.3) is 5.91 Å². The molecular weight excluding hydrogens is 298 g/mol. The number of methoxy groups -OCH3 is 1. The molecule has 2 fully saturated rings. The number of benzene rings is 1. The normalized spacial score (nSPS) is 23.5. The molecule has 2 aliphatic rings. The van der Waals surface area contributed by atoms with Crippen molar-refractivity contribution in [3.05, 3.63) is 23.8 Å². The van der Waals surface area contributed by atoms with E-state index in [0.717, 1.165) is 26.0 Å². The minimum absolute atomic E-state index is 0.00158. The van der Waals surface area contributed by atoms with Crippen LogP contribution < -0.4 is 9.47 Å². The lowest BCUT2D eigenvalue weighted by Gasteiger charge is -2.36. The van der Waals surface area contributed by atoms with Gasteiger partial charge in [0.15, 0.2) is 11.5 Å². The molecular formula is C17H23NO5. The van der Waals surface area contributed by atoms with E-state index in [4.69, 9.17) is 19.3 Å². The van der Waals surface area contributed by atoms with Crippen molar-refractivity contribution in [3.8, 4) is 11.5 Å². The molecule has 0 radical (unpaired) electrons. The van der Waals surface area contributed by atoms with Crippen molar-refractivity contribution in [2.75, 3.05) is 40.1 Å². The predicted octanol–water partition coefficient (Wildman–Crippen LogP) is 1.32. The Bertz CT molecular complexity index is 562. The maximum absolute atomic E-state index is 12.9.